The van der Waals surface area contributed by atoms with Crippen LogP contribution in [-0.4, -0.2) is 42.5 Å². The molecule has 1 aromatic heterocycles. The summed E-state index contributed by atoms with van der Waals surface area (Å²) in [4.78, 5) is 20.4. The van der Waals surface area contributed by atoms with E-state index >= 15 is 0 Å². The average Bonchev–Trinajstić information content (AvgIpc) is 2.63. The maximum atomic E-state index is 12.5. The third-order valence-electron chi connectivity index (χ3n) is 4.08. The van der Waals surface area contributed by atoms with Gasteiger partial charge in [0.1, 0.15) is 17.6 Å². The molecule has 0 bridgehead atoms. The number of pyridine rings is 1. The molecule has 1 fully saturated rings. The minimum atomic E-state index is 0.0105. The van der Waals surface area contributed by atoms with Crippen LogP contribution in [0.5, 0.6) is 5.75 Å². The zero-order valence-corrected chi connectivity index (χ0v) is 14.5. The van der Waals surface area contributed by atoms with Gasteiger partial charge in [-0.1, -0.05) is 23.7 Å². The normalized spacial score (nSPS) is 14.4. The van der Waals surface area contributed by atoms with Crippen molar-refractivity contribution in [3.05, 3.63) is 52.7 Å². The summed E-state index contributed by atoms with van der Waals surface area (Å²) in [5.74, 6) is 1.32. The number of benzene rings is 1. The second-order valence-electron chi connectivity index (χ2n) is 5.73. The number of nitrogens with zero attached hydrogens (tertiary/aromatic N) is 4. The second-order valence-corrected chi connectivity index (χ2v) is 6.14. The first-order valence-corrected chi connectivity index (χ1v) is 8.20. The first-order valence-electron chi connectivity index (χ1n) is 7.82. The molecule has 1 aromatic carbocycles. The van der Waals surface area contributed by atoms with Crippen molar-refractivity contribution < 1.29 is 9.53 Å². The molecule has 0 unspecified atom stereocenters. The molecule has 1 aliphatic heterocycles. The van der Waals surface area contributed by atoms with Gasteiger partial charge in [-0.3, -0.25) is 4.79 Å². The van der Waals surface area contributed by atoms with Gasteiger partial charge in [0.05, 0.1) is 24.2 Å². The molecule has 7 heteroatoms. The van der Waals surface area contributed by atoms with E-state index in [1.165, 1.54) is 6.20 Å². The third-order valence-corrected chi connectivity index (χ3v) is 4.35. The van der Waals surface area contributed by atoms with Crippen LogP contribution in [0.2, 0.25) is 5.02 Å². The lowest BCUT2D eigenvalue weighted by Crippen LogP contribution is -2.50. The Bertz CT molecular complexity index is 834. The van der Waals surface area contributed by atoms with Crippen molar-refractivity contribution in [1.29, 1.82) is 5.26 Å². The largest absolute Gasteiger partial charge is 0.497 e. The number of carbonyl (C=O) groups is 1. The van der Waals surface area contributed by atoms with Crippen LogP contribution in [0.15, 0.2) is 36.5 Å². The fourth-order valence-corrected chi connectivity index (χ4v) is 3.06. The SMILES string of the molecule is COc1cccc(CN2CCN(c3ncc(C#N)cc3Cl)CC2=O)c1. The van der Waals surface area contributed by atoms with Crippen LogP contribution in [0.25, 0.3) is 0 Å². The molecular formula is C18H17ClN4O2. The molecule has 25 heavy (non-hydrogen) atoms. The number of anilines is 1. The van der Waals surface area contributed by atoms with Gasteiger partial charge in [-0.05, 0) is 23.8 Å². The highest BCUT2D eigenvalue weighted by molar-refractivity contribution is 6.33. The fraction of sp³-hybridized carbons (Fsp3) is 0.278. The number of halogens is 1. The summed E-state index contributed by atoms with van der Waals surface area (Å²) >= 11 is 6.19. The molecule has 0 spiro atoms. The molecule has 1 amide bonds. The summed E-state index contributed by atoms with van der Waals surface area (Å²) in [6.45, 7) is 1.96. The first kappa shape index (κ1) is 17.1. The van der Waals surface area contributed by atoms with Gasteiger partial charge in [-0.25, -0.2) is 4.98 Å². The van der Waals surface area contributed by atoms with E-state index in [1.807, 2.05) is 40.1 Å². The summed E-state index contributed by atoms with van der Waals surface area (Å²) in [5, 5.41) is 9.27. The Morgan fingerprint density at radius 2 is 2.20 bits per heavy atom. The maximum Gasteiger partial charge on any atom is 0.242 e. The maximum absolute atomic E-state index is 12.5. The number of aromatic nitrogens is 1. The number of amides is 1. The molecule has 0 saturated carbocycles. The van der Waals surface area contributed by atoms with Gasteiger partial charge in [0.25, 0.3) is 0 Å². The van der Waals surface area contributed by atoms with E-state index in [9.17, 15) is 4.79 Å². The number of ether oxygens (including phenoxy) is 1. The number of hydrogen-bond acceptors (Lipinski definition) is 5. The molecule has 128 valence electrons. The third kappa shape index (κ3) is 3.83. The highest BCUT2D eigenvalue weighted by atomic mass is 35.5. The van der Waals surface area contributed by atoms with Gasteiger partial charge in [-0.2, -0.15) is 5.26 Å². The van der Waals surface area contributed by atoms with Crippen molar-refractivity contribution in [2.45, 2.75) is 6.54 Å². The molecule has 2 heterocycles. The predicted molar refractivity (Wildman–Crippen MR) is 94.6 cm³/mol. The summed E-state index contributed by atoms with van der Waals surface area (Å²) in [7, 11) is 1.62. The van der Waals surface area contributed by atoms with Crippen molar-refractivity contribution in [2.24, 2.45) is 0 Å². The monoisotopic (exact) mass is 356 g/mol. The van der Waals surface area contributed by atoms with E-state index in [1.54, 1.807) is 13.2 Å². The van der Waals surface area contributed by atoms with Crippen LogP contribution in [0, 0.1) is 11.3 Å². The lowest BCUT2D eigenvalue weighted by molar-refractivity contribution is -0.131. The van der Waals surface area contributed by atoms with Gasteiger partial charge >= 0.3 is 0 Å². The Morgan fingerprint density at radius 1 is 1.36 bits per heavy atom. The minimum Gasteiger partial charge on any atom is -0.497 e. The van der Waals surface area contributed by atoms with Gasteiger partial charge in [-0.15, -0.1) is 0 Å². The zero-order chi connectivity index (χ0) is 17.8. The van der Waals surface area contributed by atoms with E-state index in [2.05, 4.69) is 4.98 Å². The number of piperazine rings is 1. The highest BCUT2D eigenvalue weighted by Crippen LogP contribution is 2.25. The quantitative estimate of drug-likeness (QED) is 0.841. The van der Waals surface area contributed by atoms with Crippen LogP contribution in [0.3, 0.4) is 0 Å². The summed E-state index contributed by atoms with van der Waals surface area (Å²) < 4.78 is 5.22. The smallest absolute Gasteiger partial charge is 0.242 e. The molecule has 0 radical (unpaired) electrons. The van der Waals surface area contributed by atoms with Crippen LogP contribution >= 0.6 is 11.6 Å². The highest BCUT2D eigenvalue weighted by Gasteiger charge is 2.26. The topological polar surface area (TPSA) is 69.5 Å². The van der Waals surface area contributed by atoms with Crippen molar-refractivity contribution in [1.82, 2.24) is 9.88 Å². The van der Waals surface area contributed by atoms with Crippen LogP contribution < -0.4 is 9.64 Å². The van der Waals surface area contributed by atoms with E-state index in [4.69, 9.17) is 21.6 Å². The number of hydrogen-bond donors (Lipinski definition) is 0. The zero-order valence-electron chi connectivity index (χ0n) is 13.8. The molecule has 0 atom stereocenters. The second kappa shape index (κ2) is 7.41. The summed E-state index contributed by atoms with van der Waals surface area (Å²) in [5.41, 5.74) is 1.42. The Hall–Kier alpha value is -2.78. The van der Waals surface area contributed by atoms with E-state index in [0.29, 0.717) is 36.0 Å². The Kier molecular flexibility index (Phi) is 5.05. The fourth-order valence-electron chi connectivity index (χ4n) is 2.77. The molecule has 6 nitrogen and oxygen atoms in total. The van der Waals surface area contributed by atoms with Crippen LogP contribution in [0.1, 0.15) is 11.1 Å². The molecule has 3 rings (SSSR count). The van der Waals surface area contributed by atoms with Crippen molar-refractivity contribution >= 4 is 23.3 Å². The number of methoxy groups -OCH3 is 1. The molecule has 2 aromatic rings. The van der Waals surface area contributed by atoms with Gasteiger partial charge in [0.2, 0.25) is 5.91 Å². The number of carbonyl (C=O) groups excluding carboxylic acids is 1. The first-order chi connectivity index (χ1) is 12.1. The van der Waals surface area contributed by atoms with E-state index in [0.717, 1.165) is 11.3 Å². The van der Waals surface area contributed by atoms with Gasteiger partial charge in [0, 0.05) is 25.8 Å². The van der Waals surface area contributed by atoms with Crippen LogP contribution in [0.4, 0.5) is 5.82 Å². The van der Waals surface area contributed by atoms with Crippen molar-refractivity contribution in [2.75, 3.05) is 31.6 Å². The number of nitriles is 1. The van der Waals surface area contributed by atoms with Crippen molar-refractivity contribution in [3.63, 3.8) is 0 Å². The lowest BCUT2D eigenvalue weighted by atomic mass is 10.2. The molecular weight excluding hydrogens is 340 g/mol. The summed E-state index contributed by atoms with van der Waals surface area (Å²) in [6.07, 6.45) is 1.47. The lowest BCUT2D eigenvalue weighted by Gasteiger charge is -2.35. The predicted octanol–water partition coefficient (Wildman–Crippen LogP) is 2.46. The van der Waals surface area contributed by atoms with Crippen LogP contribution in [-0.2, 0) is 11.3 Å². The average molecular weight is 357 g/mol. The summed E-state index contributed by atoms with van der Waals surface area (Å²) in [6, 6.07) is 11.3. The standard InChI is InChI=1S/C18H17ClN4O2/c1-25-15-4-2-3-13(7-15)11-22-5-6-23(12-17(22)24)18-16(19)8-14(9-20)10-21-18/h2-4,7-8,10H,5-6,11-12H2,1H3. The van der Waals surface area contributed by atoms with Gasteiger partial charge in [0.15, 0.2) is 0 Å². The Labute approximate surface area is 151 Å². The van der Waals surface area contributed by atoms with E-state index in [-0.39, 0.29) is 12.5 Å². The Balaban J connectivity index is 1.68. The van der Waals surface area contributed by atoms with Gasteiger partial charge < -0.3 is 14.5 Å². The molecule has 0 aliphatic carbocycles. The Morgan fingerprint density at radius 3 is 2.88 bits per heavy atom. The van der Waals surface area contributed by atoms with Crippen molar-refractivity contribution in [3.8, 4) is 11.8 Å². The number of rotatable bonds is 4. The van der Waals surface area contributed by atoms with E-state index < -0.39 is 0 Å². The molecule has 0 N–H and O–H groups in total. The molecule has 1 aliphatic rings. The minimum absolute atomic E-state index is 0.0105. The molecule has 1 saturated heterocycles.